The van der Waals surface area contributed by atoms with E-state index in [1.54, 1.807) is 7.11 Å². The highest BCUT2D eigenvalue weighted by molar-refractivity contribution is 5.23. The minimum Gasteiger partial charge on any atom is -0.380 e. The zero-order valence-electron chi connectivity index (χ0n) is 10.7. The molecule has 0 aliphatic carbocycles. The van der Waals surface area contributed by atoms with Gasteiger partial charge in [-0.2, -0.15) is 0 Å². The van der Waals surface area contributed by atoms with Gasteiger partial charge in [-0.15, -0.1) is 0 Å². The van der Waals surface area contributed by atoms with Gasteiger partial charge in [-0.3, -0.25) is 4.90 Å². The van der Waals surface area contributed by atoms with E-state index in [0.29, 0.717) is 5.92 Å². The molecule has 2 N–H and O–H groups in total. The average Bonchev–Trinajstić information content (AvgIpc) is 2.71. The van der Waals surface area contributed by atoms with Crippen molar-refractivity contribution in [1.29, 1.82) is 0 Å². The van der Waals surface area contributed by atoms with Crippen molar-refractivity contribution in [3.63, 3.8) is 0 Å². The molecule has 0 saturated carbocycles. The molecule has 2 rings (SSSR count). The molecule has 1 unspecified atom stereocenters. The molecule has 0 spiro atoms. The summed E-state index contributed by atoms with van der Waals surface area (Å²) in [5.41, 5.74) is 7.59. The zero-order valence-corrected chi connectivity index (χ0v) is 10.7. The SMILES string of the molecule is COC(C)CN1C[C@@H](N)[C@H](c2ccccc2)C1. The standard InChI is InChI=1S/C14H22N2O/c1-11(17-2)8-16-9-13(14(15)10-16)12-6-4-3-5-7-12/h3-7,11,13-14H,8-10,15H2,1-2H3/t11?,13-,14+/m0/s1. The number of nitrogens with two attached hydrogens (primary N) is 1. The maximum absolute atomic E-state index is 6.24. The number of likely N-dealkylation sites (tertiary alicyclic amines) is 1. The maximum Gasteiger partial charge on any atom is 0.0670 e. The van der Waals surface area contributed by atoms with Crippen molar-refractivity contribution in [2.45, 2.75) is 25.0 Å². The van der Waals surface area contributed by atoms with Crippen molar-refractivity contribution < 1.29 is 4.74 Å². The van der Waals surface area contributed by atoms with Gasteiger partial charge in [-0.25, -0.2) is 0 Å². The normalized spacial score (nSPS) is 27.2. The fourth-order valence-electron chi connectivity index (χ4n) is 2.55. The van der Waals surface area contributed by atoms with Crippen LogP contribution in [0.2, 0.25) is 0 Å². The third-order valence-electron chi connectivity index (χ3n) is 3.59. The lowest BCUT2D eigenvalue weighted by molar-refractivity contribution is 0.0845. The van der Waals surface area contributed by atoms with Crippen molar-refractivity contribution in [3.8, 4) is 0 Å². The molecule has 94 valence electrons. The van der Waals surface area contributed by atoms with Gasteiger partial charge in [0.1, 0.15) is 0 Å². The topological polar surface area (TPSA) is 38.5 Å². The van der Waals surface area contributed by atoms with Gasteiger partial charge in [-0.1, -0.05) is 30.3 Å². The van der Waals surface area contributed by atoms with Crippen LogP contribution in [-0.2, 0) is 4.74 Å². The molecule has 1 aliphatic heterocycles. The smallest absolute Gasteiger partial charge is 0.0670 e. The van der Waals surface area contributed by atoms with Gasteiger partial charge in [-0.05, 0) is 12.5 Å². The summed E-state index contributed by atoms with van der Waals surface area (Å²) in [7, 11) is 1.76. The molecule has 0 aromatic heterocycles. The summed E-state index contributed by atoms with van der Waals surface area (Å²) in [5, 5.41) is 0. The first-order valence-corrected chi connectivity index (χ1v) is 6.26. The van der Waals surface area contributed by atoms with E-state index >= 15 is 0 Å². The highest BCUT2D eigenvalue weighted by atomic mass is 16.5. The maximum atomic E-state index is 6.24. The molecule has 0 bridgehead atoms. The molecule has 3 heteroatoms. The molecule has 1 saturated heterocycles. The minimum absolute atomic E-state index is 0.237. The monoisotopic (exact) mass is 234 g/mol. The summed E-state index contributed by atoms with van der Waals surface area (Å²) in [6.07, 6.45) is 0.275. The summed E-state index contributed by atoms with van der Waals surface area (Å²) in [5.74, 6) is 0.459. The van der Waals surface area contributed by atoms with Crippen LogP contribution in [0, 0.1) is 0 Å². The first-order valence-electron chi connectivity index (χ1n) is 6.26. The van der Waals surface area contributed by atoms with E-state index in [4.69, 9.17) is 10.5 Å². The summed E-state index contributed by atoms with van der Waals surface area (Å²) < 4.78 is 5.31. The van der Waals surface area contributed by atoms with E-state index in [9.17, 15) is 0 Å². The lowest BCUT2D eigenvalue weighted by Crippen LogP contribution is -2.32. The van der Waals surface area contributed by atoms with Crippen LogP contribution in [-0.4, -0.2) is 43.8 Å². The molecular weight excluding hydrogens is 212 g/mol. The summed E-state index contributed by atoms with van der Waals surface area (Å²) in [6.45, 7) is 5.07. The van der Waals surface area contributed by atoms with E-state index in [1.807, 2.05) is 0 Å². The molecule has 3 nitrogen and oxygen atoms in total. The number of ether oxygens (including phenoxy) is 1. The van der Waals surface area contributed by atoms with Crippen LogP contribution < -0.4 is 5.73 Å². The Bertz CT molecular complexity index is 341. The molecule has 3 atom stereocenters. The van der Waals surface area contributed by atoms with E-state index in [-0.39, 0.29) is 12.1 Å². The Morgan fingerprint density at radius 1 is 1.35 bits per heavy atom. The van der Waals surface area contributed by atoms with Crippen LogP contribution in [0.1, 0.15) is 18.4 Å². The third kappa shape index (κ3) is 3.06. The molecule has 17 heavy (non-hydrogen) atoms. The predicted molar refractivity (Wildman–Crippen MR) is 70.1 cm³/mol. The second-order valence-electron chi connectivity index (χ2n) is 4.95. The molecule has 1 fully saturated rings. The Kier molecular flexibility index (Phi) is 4.15. The van der Waals surface area contributed by atoms with Gasteiger partial charge in [0.15, 0.2) is 0 Å². The van der Waals surface area contributed by atoms with Crippen molar-refractivity contribution in [1.82, 2.24) is 4.90 Å². The van der Waals surface area contributed by atoms with Gasteiger partial charge in [0.25, 0.3) is 0 Å². The highest BCUT2D eigenvalue weighted by Crippen LogP contribution is 2.26. The lowest BCUT2D eigenvalue weighted by atomic mass is 9.95. The predicted octanol–water partition coefficient (Wildman–Crippen LogP) is 1.45. The molecule has 1 aliphatic rings. The first-order chi connectivity index (χ1) is 8.20. The molecule has 0 radical (unpaired) electrons. The van der Waals surface area contributed by atoms with Gasteiger partial charge in [0, 0.05) is 38.7 Å². The summed E-state index contributed by atoms with van der Waals surface area (Å²) >= 11 is 0. The van der Waals surface area contributed by atoms with Gasteiger partial charge in [0.2, 0.25) is 0 Å². The quantitative estimate of drug-likeness (QED) is 0.857. The average molecular weight is 234 g/mol. The molecule has 1 aromatic carbocycles. The number of hydrogen-bond donors (Lipinski definition) is 1. The Morgan fingerprint density at radius 2 is 2.06 bits per heavy atom. The minimum atomic E-state index is 0.237. The third-order valence-corrected chi connectivity index (χ3v) is 3.59. The summed E-state index contributed by atoms with van der Waals surface area (Å²) in [6, 6.07) is 10.8. The van der Waals surface area contributed by atoms with Gasteiger partial charge >= 0.3 is 0 Å². The van der Waals surface area contributed by atoms with Crippen LogP contribution in [0.15, 0.2) is 30.3 Å². The second-order valence-corrected chi connectivity index (χ2v) is 4.95. The van der Waals surface area contributed by atoms with Crippen molar-refractivity contribution >= 4 is 0 Å². The fraction of sp³-hybridized carbons (Fsp3) is 0.571. The number of methoxy groups -OCH3 is 1. The Morgan fingerprint density at radius 3 is 2.71 bits per heavy atom. The van der Waals surface area contributed by atoms with E-state index in [1.165, 1.54) is 5.56 Å². The molecular formula is C14H22N2O. The van der Waals surface area contributed by atoms with Crippen molar-refractivity contribution in [2.24, 2.45) is 5.73 Å². The van der Waals surface area contributed by atoms with Crippen molar-refractivity contribution in [2.75, 3.05) is 26.7 Å². The van der Waals surface area contributed by atoms with Crippen LogP contribution in [0.5, 0.6) is 0 Å². The zero-order chi connectivity index (χ0) is 12.3. The number of hydrogen-bond acceptors (Lipinski definition) is 3. The molecule has 1 heterocycles. The highest BCUT2D eigenvalue weighted by Gasteiger charge is 2.31. The number of benzene rings is 1. The van der Waals surface area contributed by atoms with Gasteiger partial charge in [0.05, 0.1) is 6.10 Å². The molecule has 1 aromatic rings. The number of nitrogens with zero attached hydrogens (tertiary/aromatic N) is 1. The van der Waals surface area contributed by atoms with Gasteiger partial charge < -0.3 is 10.5 Å². The van der Waals surface area contributed by atoms with E-state index in [2.05, 4.69) is 42.2 Å². The van der Waals surface area contributed by atoms with E-state index < -0.39 is 0 Å². The van der Waals surface area contributed by atoms with Crippen LogP contribution >= 0.6 is 0 Å². The Labute approximate surface area is 104 Å². The van der Waals surface area contributed by atoms with Crippen LogP contribution in [0.4, 0.5) is 0 Å². The largest absolute Gasteiger partial charge is 0.380 e. The Balaban J connectivity index is 1.98. The molecule has 0 amide bonds. The van der Waals surface area contributed by atoms with E-state index in [0.717, 1.165) is 19.6 Å². The summed E-state index contributed by atoms with van der Waals surface area (Å²) in [4.78, 5) is 2.40. The van der Waals surface area contributed by atoms with Crippen LogP contribution in [0.3, 0.4) is 0 Å². The lowest BCUT2D eigenvalue weighted by Gasteiger charge is -2.19. The van der Waals surface area contributed by atoms with Crippen molar-refractivity contribution in [3.05, 3.63) is 35.9 Å². The fourth-order valence-corrected chi connectivity index (χ4v) is 2.55. The first kappa shape index (κ1) is 12.6. The second kappa shape index (κ2) is 5.63. The Hall–Kier alpha value is -0.900. The number of rotatable bonds is 4. The van der Waals surface area contributed by atoms with Crippen LogP contribution in [0.25, 0.3) is 0 Å².